The van der Waals surface area contributed by atoms with Gasteiger partial charge in [0, 0.05) is 6.04 Å². The summed E-state index contributed by atoms with van der Waals surface area (Å²) in [6, 6.07) is 8.80. The van der Waals surface area contributed by atoms with E-state index >= 15 is 0 Å². The van der Waals surface area contributed by atoms with E-state index in [0.717, 1.165) is 12.0 Å². The van der Waals surface area contributed by atoms with Crippen molar-refractivity contribution in [1.82, 2.24) is 4.90 Å². The first kappa shape index (κ1) is 19.0. The van der Waals surface area contributed by atoms with Gasteiger partial charge < -0.3 is 9.47 Å². The van der Waals surface area contributed by atoms with E-state index in [1.165, 1.54) is 4.90 Å². The quantitative estimate of drug-likeness (QED) is 0.596. The largest absolute Gasteiger partial charge is 0.459 e. The van der Waals surface area contributed by atoms with Gasteiger partial charge in [0.25, 0.3) is 0 Å². The number of nitrogens with zero attached hydrogens (tertiary/aromatic N) is 1. The van der Waals surface area contributed by atoms with Crippen LogP contribution in [0.15, 0.2) is 43.0 Å². The van der Waals surface area contributed by atoms with Crippen LogP contribution in [0.5, 0.6) is 0 Å². The normalized spacial score (nSPS) is 20.2. The van der Waals surface area contributed by atoms with Gasteiger partial charge in [-0.1, -0.05) is 36.4 Å². The van der Waals surface area contributed by atoms with Gasteiger partial charge in [-0.2, -0.15) is 0 Å². The molecule has 1 aromatic carbocycles. The summed E-state index contributed by atoms with van der Waals surface area (Å²) in [6.45, 7) is 9.38. The van der Waals surface area contributed by atoms with Gasteiger partial charge in [0.2, 0.25) is 0 Å². The molecule has 1 fully saturated rings. The third-order valence-corrected chi connectivity index (χ3v) is 4.04. The molecular weight excluding hydrogens is 318 g/mol. The second-order valence-electron chi connectivity index (χ2n) is 7.25. The van der Waals surface area contributed by atoms with Crippen molar-refractivity contribution < 1.29 is 19.1 Å². The van der Waals surface area contributed by atoms with Gasteiger partial charge >= 0.3 is 12.1 Å². The lowest BCUT2D eigenvalue weighted by molar-refractivity contribution is -0.150. The fourth-order valence-corrected chi connectivity index (χ4v) is 2.95. The molecule has 2 rings (SSSR count). The van der Waals surface area contributed by atoms with Crippen molar-refractivity contribution in [2.24, 2.45) is 0 Å². The first-order chi connectivity index (χ1) is 11.8. The van der Waals surface area contributed by atoms with Crippen LogP contribution in [0.4, 0.5) is 4.79 Å². The molecule has 0 spiro atoms. The lowest BCUT2D eigenvalue weighted by atomic mass is 10.1. The number of rotatable bonds is 5. The van der Waals surface area contributed by atoms with Crippen LogP contribution in [0.25, 0.3) is 0 Å². The molecule has 136 valence electrons. The topological polar surface area (TPSA) is 55.8 Å². The molecular formula is C20H27NO4. The minimum Gasteiger partial charge on any atom is -0.459 e. The standard InChI is InChI=1S/C20H27NO4/c1-5-9-16-12-13-17(21(16)19(23)25-20(2,3)4)18(22)24-14-15-10-7-6-8-11-15/h5-8,10-11,16-17H,1,9,12-14H2,2-4H3. The zero-order valence-electron chi connectivity index (χ0n) is 15.2. The van der Waals surface area contributed by atoms with E-state index in [9.17, 15) is 9.59 Å². The lowest BCUT2D eigenvalue weighted by Crippen LogP contribution is -2.47. The zero-order chi connectivity index (χ0) is 18.4. The van der Waals surface area contributed by atoms with Crippen LogP contribution in [-0.2, 0) is 20.9 Å². The number of amides is 1. The zero-order valence-corrected chi connectivity index (χ0v) is 15.2. The summed E-state index contributed by atoms with van der Waals surface area (Å²) < 4.78 is 10.9. The number of hydrogen-bond acceptors (Lipinski definition) is 4. The molecule has 1 aliphatic heterocycles. The predicted molar refractivity (Wildman–Crippen MR) is 95.9 cm³/mol. The second-order valence-corrected chi connectivity index (χ2v) is 7.25. The summed E-state index contributed by atoms with van der Waals surface area (Å²) >= 11 is 0. The molecule has 1 aliphatic rings. The van der Waals surface area contributed by atoms with Gasteiger partial charge in [0.15, 0.2) is 0 Å². The van der Waals surface area contributed by atoms with E-state index in [0.29, 0.717) is 12.8 Å². The summed E-state index contributed by atoms with van der Waals surface area (Å²) in [5.74, 6) is -0.388. The maximum absolute atomic E-state index is 12.6. The summed E-state index contributed by atoms with van der Waals surface area (Å²) in [6.07, 6.45) is 3.22. The number of hydrogen-bond donors (Lipinski definition) is 0. The lowest BCUT2D eigenvalue weighted by Gasteiger charge is -2.31. The van der Waals surface area contributed by atoms with E-state index < -0.39 is 17.7 Å². The highest BCUT2D eigenvalue weighted by molar-refractivity contribution is 5.82. The Morgan fingerprint density at radius 3 is 2.52 bits per heavy atom. The van der Waals surface area contributed by atoms with Crippen LogP contribution in [0, 0.1) is 0 Å². The summed E-state index contributed by atoms with van der Waals surface area (Å²) in [7, 11) is 0. The molecule has 1 saturated heterocycles. The van der Waals surface area contributed by atoms with Crippen molar-refractivity contribution in [2.45, 2.75) is 64.3 Å². The minimum atomic E-state index is -0.614. The molecule has 2 atom stereocenters. The van der Waals surface area contributed by atoms with Crippen molar-refractivity contribution in [3.05, 3.63) is 48.6 Å². The first-order valence-electron chi connectivity index (χ1n) is 8.64. The third-order valence-electron chi connectivity index (χ3n) is 4.04. The highest BCUT2D eigenvalue weighted by atomic mass is 16.6. The van der Waals surface area contributed by atoms with Gasteiger partial charge in [-0.15, -0.1) is 6.58 Å². The number of ether oxygens (including phenoxy) is 2. The summed E-state index contributed by atoms with van der Waals surface area (Å²) in [5, 5.41) is 0. The molecule has 0 bridgehead atoms. The Kier molecular flexibility index (Phi) is 6.23. The Morgan fingerprint density at radius 2 is 1.92 bits per heavy atom. The number of likely N-dealkylation sites (tertiary alicyclic amines) is 1. The smallest absolute Gasteiger partial charge is 0.411 e. The van der Waals surface area contributed by atoms with Gasteiger partial charge in [0.05, 0.1) is 0 Å². The van der Waals surface area contributed by atoms with Crippen LogP contribution >= 0.6 is 0 Å². The fourth-order valence-electron chi connectivity index (χ4n) is 2.95. The molecule has 0 saturated carbocycles. The van der Waals surface area contributed by atoms with Crippen LogP contribution in [0.2, 0.25) is 0 Å². The average Bonchev–Trinajstić information content (AvgIpc) is 2.96. The Bertz CT molecular complexity index is 606. The van der Waals surface area contributed by atoms with Gasteiger partial charge in [-0.05, 0) is 45.6 Å². The average molecular weight is 345 g/mol. The van der Waals surface area contributed by atoms with Crippen molar-refractivity contribution in [3.63, 3.8) is 0 Å². The molecule has 2 unspecified atom stereocenters. The van der Waals surface area contributed by atoms with Crippen LogP contribution in [0.1, 0.15) is 45.6 Å². The molecule has 25 heavy (non-hydrogen) atoms. The number of benzene rings is 1. The summed E-state index contributed by atoms with van der Waals surface area (Å²) in [5.41, 5.74) is 0.303. The maximum atomic E-state index is 12.6. The van der Waals surface area contributed by atoms with Crippen molar-refractivity contribution >= 4 is 12.1 Å². The third kappa shape index (κ3) is 5.34. The Labute approximate surface area is 149 Å². The molecule has 0 aliphatic carbocycles. The van der Waals surface area contributed by atoms with E-state index in [2.05, 4.69) is 6.58 Å². The Morgan fingerprint density at radius 1 is 1.24 bits per heavy atom. The minimum absolute atomic E-state index is 0.0818. The highest BCUT2D eigenvalue weighted by Gasteiger charge is 2.43. The number of carbonyl (C=O) groups is 2. The molecule has 5 heteroatoms. The van der Waals surface area contributed by atoms with E-state index in [1.807, 2.05) is 51.1 Å². The predicted octanol–water partition coefficient (Wildman–Crippen LogP) is 4.07. The van der Waals surface area contributed by atoms with Gasteiger partial charge in [-0.25, -0.2) is 9.59 Å². The van der Waals surface area contributed by atoms with E-state index in [-0.39, 0.29) is 18.6 Å². The summed E-state index contributed by atoms with van der Waals surface area (Å²) in [4.78, 5) is 26.7. The second kappa shape index (κ2) is 8.19. The number of carbonyl (C=O) groups excluding carboxylic acids is 2. The van der Waals surface area contributed by atoms with Gasteiger partial charge in [0.1, 0.15) is 18.2 Å². The van der Waals surface area contributed by atoms with Crippen LogP contribution < -0.4 is 0 Å². The van der Waals surface area contributed by atoms with E-state index in [1.54, 1.807) is 6.08 Å². The highest BCUT2D eigenvalue weighted by Crippen LogP contribution is 2.29. The van der Waals surface area contributed by atoms with Crippen molar-refractivity contribution in [3.8, 4) is 0 Å². The van der Waals surface area contributed by atoms with E-state index in [4.69, 9.17) is 9.47 Å². The van der Waals surface area contributed by atoms with Crippen molar-refractivity contribution in [2.75, 3.05) is 0 Å². The van der Waals surface area contributed by atoms with Crippen LogP contribution in [0.3, 0.4) is 0 Å². The molecule has 0 aromatic heterocycles. The first-order valence-corrected chi connectivity index (χ1v) is 8.64. The molecule has 0 N–H and O–H groups in total. The molecule has 1 amide bonds. The Balaban J connectivity index is 2.06. The van der Waals surface area contributed by atoms with Crippen molar-refractivity contribution in [1.29, 1.82) is 0 Å². The molecule has 5 nitrogen and oxygen atoms in total. The maximum Gasteiger partial charge on any atom is 0.411 e. The molecule has 0 radical (unpaired) electrons. The molecule has 1 heterocycles. The monoisotopic (exact) mass is 345 g/mol. The van der Waals surface area contributed by atoms with Gasteiger partial charge in [-0.3, -0.25) is 4.90 Å². The van der Waals surface area contributed by atoms with Crippen LogP contribution in [-0.4, -0.2) is 34.6 Å². The molecule has 1 aromatic rings. The Hall–Kier alpha value is -2.30. The fraction of sp³-hybridized carbons (Fsp3) is 0.500. The SMILES string of the molecule is C=CCC1CCC(C(=O)OCc2ccccc2)N1C(=O)OC(C)(C)C. The number of esters is 1.